The molecule has 134 valence electrons. The third-order valence-electron chi connectivity index (χ3n) is 4.67. The van der Waals surface area contributed by atoms with Crippen LogP contribution in [0.3, 0.4) is 0 Å². The van der Waals surface area contributed by atoms with Crippen molar-refractivity contribution in [1.82, 2.24) is 4.90 Å². The van der Waals surface area contributed by atoms with Crippen LogP contribution in [0.2, 0.25) is 0 Å². The molecule has 0 unspecified atom stereocenters. The van der Waals surface area contributed by atoms with E-state index < -0.39 is 17.8 Å². The van der Waals surface area contributed by atoms with Crippen molar-refractivity contribution in [2.24, 2.45) is 5.73 Å². The van der Waals surface area contributed by atoms with Crippen LogP contribution in [0.1, 0.15) is 5.56 Å². The average Bonchev–Trinajstić information content (AvgIpc) is 2.87. The lowest BCUT2D eigenvalue weighted by Gasteiger charge is -2.37. The number of nitrogens with two attached hydrogens (primary N) is 1. The summed E-state index contributed by atoms with van der Waals surface area (Å²) in [6.45, 7) is 3.63. The molecule has 5 nitrogen and oxygen atoms in total. The van der Waals surface area contributed by atoms with Crippen LogP contribution in [0.4, 0.5) is 18.9 Å². The molecule has 0 aromatic heterocycles. The second-order valence-electron chi connectivity index (χ2n) is 6.36. The Hall–Kier alpha value is -1.35. The minimum Gasteiger partial charge on any atom is -0.389 e. The number of rotatable bonds is 3. The zero-order valence-electron chi connectivity index (χ0n) is 13.2. The molecule has 3 N–H and O–H groups in total. The van der Waals surface area contributed by atoms with Crippen molar-refractivity contribution in [1.29, 1.82) is 0 Å². The van der Waals surface area contributed by atoms with E-state index in [1.54, 1.807) is 6.07 Å². The van der Waals surface area contributed by atoms with Crippen LogP contribution in [0.25, 0.3) is 0 Å². The smallest absolute Gasteiger partial charge is 0.389 e. The number of piperazine rings is 1. The molecule has 2 saturated heterocycles. The lowest BCUT2D eigenvalue weighted by atomic mass is 10.1. The summed E-state index contributed by atoms with van der Waals surface area (Å²) in [4.78, 5) is 4.10. The largest absolute Gasteiger partial charge is 0.416 e. The second kappa shape index (κ2) is 6.87. The highest BCUT2D eigenvalue weighted by Crippen LogP contribution is 2.31. The topological polar surface area (TPSA) is 62.0 Å². The van der Waals surface area contributed by atoms with Crippen LogP contribution in [0.15, 0.2) is 24.3 Å². The minimum absolute atomic E-state index is 0.292. The normalized spacial score (nSPS) is 29.2. The lowest BCUT2D eigenvalue weighted by Crippen LogP contribution is -2.50. The molecule has 0 bridgehead atoms. The van der Waals surface area contributed by atoms with Crippen molar-refractivity contribution in [3.63, 3.8) is 0 Å². The van der Waals surface area contributed by atoms with E-state index in [9.17, 15) is 18.3 Å². The van der Waals surface area contributed by atoms with Gasteiger partial charge in [0.1, 0.15) is 0 Å². The molecule has 3 rings (SSSR count). The standard InChI is InChI=1S/C16H22F3N3O2/c17-16(18,19)11-2-1-3-12(8-11)22-6-4-21(5-7-22)9-14-15(23)13(20)10-24-14/h1-3,8,13-15,23H,4-7,9-10,20H2/t13-,14-,15+/m0/s1. The average molecular weight is 345 g/mol. The van der Waals surface area contributed by atoms with Gasteiger partial charge in [-0.25, -0.2) is 0 Å². The highest BCUT2D eigenvalue weighted by Gasteiger charge is 2.35. The van der Waals surface area contributed by atoms with Crippen LogP contribution in [0, 0.1) is 0 Å². The Morgan fingerprint density at radius 1 is 1.21 bits per heavy atom. The number of aliphatic hydroxyl groups is 1. The Morgan fingerprint density at radius 2 is 1.92 bits per heavy atom. The predicted octanol–water partition coefficient (Wildman–Crippen LogP) is 0.914. The van der Waals surface area contributed by atoms with E-state index in [0.29, 0.717) is 45.0 Å². The van der Waals surface area contributed by atoms with Gasteiger partial charge in [-0.1, -0.05) is 6.07 Å². The van der Waals surface area contributed by atoms with Crippen molar-refractivity contribution in [3.05, 3.63) is 29.8 Å². The third-order valence-corrected chi connectivity index (χ3v) is 4.67. The van der Waals surface area contributed by atoms with Crippen molar-refractivity contribution in [2.45, 2.75) is 24.4 Å². The highest BCUT2D eigenvalue weighted by molar-refractivity contribution is 5.49. The summed E-state index contributed by atoms with van der Waals surface area (Å²) in [5.41, 5.74) is 5.69. The molecule has 8 heteroatoms. The maximum atomic E-state index is 12.8. The fourth-order valence-electron chi connectivity index (χ4n) is 3.19. The molecule has 2 heterocycles. The van der Waals surface area contributed by atoms with Crippen molar-refractivity contribution < 1.29 is 23.0 Å². The summed E-state index contributed by atoms with van der Waals surface area (Å²) in [6, 6.07) is 5.07. The zero-order chi connectivity index (χ0) is 17.3. The fourth-order valence-corrected chi connectivity index (χ4v) is 3.19. The van der Waals surface area contributed by atoms with Gasteiger partial charge in [0.25, 0.3) is 0 Å². The molecule has 2 aliphatic heterocycles. The molecule has 1 aromatic rings. The molecular formula is C16H22F3N3O2. The highest BCUT2D eigenvalue weighted by atomic mass is 19.4. The summed E-state index contributed by atoms with van der Waals surface area (Å²) in [5, 5.41) is 9.93. The number of halogens is 3. The molecular weight excluding hydrogens is 323 g/mol. The lowest BCUT2D eigenvalue weighted by molar-refractivity contribution is -0.137. The van der Waals surface area contributed by atoms with Gasteiger partial charge in [0.15, 0.2) is 0 Å². The van der Waals surface area contributed by atoms with Crippen LogP contribution in [-0.4, -0.2) is 67.6 Å². The van der Waals surface area contributed by atoms with Crippen molar-refractivity contribution in [2.75, 3.05) is 44.2 Å². The first-order valence-electron chi connectivity index (χ1n) is 8.04. The van der Waals surface area contributed by atoms with E-state index >= 15 is 0 Å². The quantitative estimate of drug-likeness (QED) is 0.853. The third kappa shape index (κ3) is 3.83. The van der Waals surface area contributed by atoms with E-state index in [0.717, 1.165) is 6.07 Å². The Kier molecular flexibility index (Phi) is 5.00. The summed E-state index contributed by atoms with van der Waals surface area (Å²) >= 11 is 0. The van der Waals surface area contributed by atoms with E-state index in [1.807, 2.05) is 4.90 Å². The van der Waals surface area contributed by atoms with Crippen LogP contribution in [-0.2, 0) is 10.9 Å². The fraction of sp³-hybridized carbons (Fsp3) is 0.625. The Bertz CT molecular complexity index is 562. The van der Waals surface area contributed by atoms with Gasteiger partial charge in [0, 0.05) is 38.4 Å². The van der Waals surface area contributed by atoms with Gasteiger partial charge in [0.05, 0.1) is 30.4 Å². The molecule has 0 radical (unpaired) electrons. The second-order valence-corrected chi connectivity index (χ2v) is 6.36. The number of nitrogens with zero attached hydrogens (tertiary/aromatic N) is 2. The van der Waals surface area contributed by atoms with E-state index in [2.05, 4.69) is 4.90 Å². The summed E-state index contributed by atoms with van der Waals surface area (Å²) in [7, 11) is 0. The van der Waals surface area contributed by atoms with Gasteiger partial charge in [0.2, 0.25) is 0 Å². The minimum atomic E-state index is -4.33. The Balaban J connectivity index is 1.56. The first kappa shape index (κ1) is 17.5. The number of aliphatic hydroxyl groups excluding tert-OH is 1. The first-order chi connectivity index (χ1) is 11.3. The van der Waals surface area contributed by atoms with E-state index in [1.165, 1.54) is 12.1 Å². The maximum absolute atomic E-state index is 12.8. The van der Waals surface area contributed by atoms with Crippen LogP contribution in [0.5, 0.6) is 0 Å². The monoisotopic (exact) mass is 345 g/mol. The van der Waals surface area contributed by atoms with Crippen molar-refractivity contribution in [3.8, 4) is 0 Å². The first-order valence-corrected chi connectivity index (χ1v) is 8.04. The van der Waals surface area contributed by atoms with E-state index in [4.69, 9.17) is 10.5 Å². The van der Waals surface area contributed by atoms with Crippen LogP contribution >= 0.6 is 0 Å². The number of benzene rings is 1. The Labute approximate surface area is 138 Å². The number of anilines is 1. The SMILES string of the molecule is N[C@H]1CO[C@@H](CN2CCN(c3cccc(C(F)(F)F)c3)CC2)[C@@H]1O. The summed E-state index contributed by atoms with van der Waals surface area (Å²) < 4.78 is 43.9. The van der Waals surface area contributed by atoms with Gasteiger partial charge in [-0.05, 0) is 18.2 Å². The molecule has 3 atom stereocenters. The van der Waals surface area contributed by atoms with Crippen molar-refractivity contribution >= 4 is 5.69 Å². The molecule has 24 heavy (non-hydrogen) atoms. The molecule has 0 saturated carbocycles. The maximum Gasteiger partial charge on any atom is 0.416 e. The number of ether oxygens (including phenoxy) is 1. The predicted molar refractivity (Wildman–Crippen MR) is 83.8 cm³/mol. The number of hydrogen-bond donors (Lipinski definition) is 2. The van der Waals surface area contributed by atoms with Gasteiger partial charge in [-0.2, -0.15) is 13.2 Å². The van der Waals surface area contributed by atoms with Gasteiger partial charge in [-0.15, -0.1) is 0 Å². The number of alkyl halides is 3. The zero-order valence-corrected chi connectivity index (χ0v) is 13.2. The van der Waals surface area contributed by atoms with E-state index in [-0.39, 0.29) is 12.1 Å². The molecule has 0 amide bonds. The molecule has 1 aromatic carbocycles. The summed E-state index contributed by atoms with van der Waals surface area (Å²) in [5.74, 6) is 0. The van der Waals surface area contributed by atoms with Gasteiger partial charge < -0.3 is 20.5 Å². The van der Waals surface area contributed by atoms with Gasteiger partial charge >= 0.3 is 6.18 Å². The molecule has 0 aliphatic carbocycles. The Morgan fingerprint density at radius 3 is 2.50 bits per heavy atom. The number of hydrogen-bond acceptors (Lipinski definition) is 5. The summed E-state index contributed by atoms with van der Waals surface area (Å²) in [6.07, 6.45) is -5.28. The van der Waals surface area contributed by atoms with Crippen LogP contribution < -0.4 is 10.6 Å². The van der Waals surface area contributed by atoms with Gasteiger partial charge in [-0.3, -0.25) is 4.90 Å². The molecule has 2 aliphatic rings. The molecule has 0 spiro atoms. The molecule has 2 fully saturated rings.